The molecule has 0 radical (unpaired) electrons. The first-order chi connectivity index (χ1) is 9.70. The van der Waals surface area contributed by atoms with E-state index in [1.165, 1.54) is 18.2 Å². The summed E-state index contributed by atoms with van der Waals surface area (Å²) in [7, 11) is -3.71. The monoisotopic (exact) mass is 311 g/mol. The number of para-hydroxylation sites is 1. The van der Waals surface area contributed by atoms with Crippen LogP contribution >= 0.6 is 0 Å². The molecule has 7 nitrogen and oxygen atoms in total. The van der Waals surface area contributed by atoms with Crippen LogP contribution in [0.1, 0.15) is 20.3 Å². The minimum Gasteiger partial charge on any atom is -0.362 e. The predicted molar refractivity (Wildman–Crippen MR) is 78.9 cm³/mol. The Bertz CT molecular complexity index is 677. The summed E-state index contributed by atoms with van der Waals surface area (Å²) in [6.07, 6.45) is 1.13. The van der Waals surface area contributed by atoms with E-state index in [0.29, 0.717) is 6.54 Å². The molecular formula is C13H17N3O4S. The van der Waals surface area contributed by atoms with E-state index in [-0.39, 0.29) is 23.0 Å². The van der Waals surface area contributed by atoms with Crippen LogP contribution in [0.25, 0.3) is 0 Å². The quantitative estimate of drug-likeness (QED) is 0.588. The van der Waals surface area contributed by atoms with Gasteiger partial charge in [-0.1, -0.05) is 6.07 Å². The van der Waals surface area contributed by atoms with Gasteiger partial charge in [-0.2, -0.15) is 5.26 Å². The Morgan fingerprint density at radius 2 is 2.05 bits per heavy atom. The fourth-order valence-electron chi connectivity index (χ4n) is 2.05. The first-order valence-electron chi connectivity index (χ1n) is 6.31. The van der Waals surface area contributed by atoms with Gasteiger partial charge in [0, 0.05) is 18.8 Å². The topological polar surface area (TPSA) is 104 Å². The van der Waals surface area contributed by atoms with Crippen molar-refractivity contribution >= 4 is 21.2 Å². The average Bonchev–Trinajstić information content (AvgIpc) is 2.37. The minimum absolute atomic E-state index is 0.105. The fraction of sp³-hybridized carbons (Fsp3) is 0.462. The predicted octanol–water partition coefficient (Wildman–Crippen LogP) is 2.13. The lowest BCUT2D eigenvalue weighted by molar-refractivity contribution is -0.387. The van der Waals surface area contributed by atoms with Gasteiger partial charge in [-0.15, -0.1) is 0 Å². The lowest BCUT2D eigenvalue weighted by atomic mass is 10.2. The molecule has 8 heteroatoms. The highest BCUT2D eigenvalue weighted by Crippen LogP contribution is 2.35. The highest BCUT2D eigenvalue weighted by Gasteiger charge is 2.29. The Morgan fingerprint density at radius 3 is 2.48 bits per heavy atom. The second-order valence-corrected chi connectivity index (χ2v) is 6.83. The Kier molecular flexibility index (Phi) is 5.27. The molecule has 21 heavy (non-hydrogen) atoms. The van der Waals surface area contributed by atoms with Crippen LogP contribution in [-0.4, -0.2) is 32.2 Å². The molecule has 0 spiro atoms. The van der Waals surface area contributed by atoms with Crippen LogP contribution in [0.3, 0.4) is 0 Å². The Balaban J connectivity index is 3.55. The van der Waals surface area contributed by atoms with Crippen molar-refractivity contribution < 1.29 is 13.3 Å². The smallest absolute Gasteiger partial charge is 0.311 e. The zero-order valence-electron chi connectivity index (χ0n) is 12.1. The molecule has 0 aliphatic heterocycles. The summed E-state index contributed by atoms with van der Waals surface area (Å²) in [4.78, 5) is 12.0. The maximum Gasteiger partial charge on any atom is 0.311 e. The molecule has 114 valence electrons. The number of rotatable bonds is 6. The van der Waals surface area contributed by atoms with Gasteiger partial charge in [0.05, 0.1) is 17.4 Å². The third-order valence-corrected chi connectivity index (χ3v) is 4.09. The summed E-state index contributed by atoms with van der Waals surface area (Å²) < 4.78 is 23.5. The molecular weight excluding hydrogens is 294 g/mol. The summed E-state index contributed by atoms with van der Waals surface area (Å²) in [5.74, 6) is 0. The third kappa shape index (κ3) is 3.92. The van der Waals surface area contributed by atoms with E-state index in [1.54, 1.807) is 4.90 Å². The van der Waals surface area contributed by atoms with E-state index in [0.717, 1.165) is 6.26 Å². The zero-order valence-corrected chi connectivity index (χ0v) is 12.9. The first kappa shape index (κ1) is 16.9. The van der Waals surface area contributed by atoms with Crippen LogP contribution in [0.4, 0.5) is 11.4 Å². The number of hydrogen-bond acceptors (Lipinski definition) is 6. The fourth-order valence-corrected chi connectivity index (χ4v) is 2.91. The van der Waals surface area contributed by atoms with Crippen LogP contribution in [0.5, 0.6) is 0 Å². The van der Waals surface area contributed by atoms with Crippen LogP contribution in [0.15, 0.2) is 23.1 Å². The van der Waals surface area contributed by atoms with Crippen molar-refractivity contribution in [2.75, 3.05) is 17.7 Å². The SMILES string of the molecule is CC(C)N(CCC#N)c1cccc(S(C)(=O)=O)c1[N+](=O)[O-]. The van der Waals surface area contributed by atoms with Crippen LogP contribution in [-0.2, 0) is 9.84 Å². The molecule has 0 aromatic heterocycles. The van der Waals surface area contributed by atoms with E-state index in [1.807, 2.05) is 19.9 Å². The van der Waals surface area contributed by atoms with Crippen LogP contribution < -0.4 is 4.90 Å². The number of nitriles is 1. The Hall–Kier alpha value is -2.14. The number of anilines is 1. The van der Waals surface area contributed by atoms with E-state index >= 15 is 0 Å². The molecule has 0 amide bonds. The lowest BCUT2D eigenvalue weighted by Gasteiger charge is -2.28. The summed E-state index contributed by atoms with van der Waals surface area (Å²) in [5, 5.41) is 20.0. The van der Waals surface area contributed by atoms with Crippen molar-refractivity contribution in [1.82, 2.24) is 0 Å². The van der Waals surface area contributed by atoms with Crippen molar-refractivity contribution in [2.45, 2.75) is 31.2 Å². The van der Waals surface area contributed by atoms with Crippen molar-refractivity contribution in [2.24, 2.45) is 0 Å². The van der Waals surface area contributed by atoms with Crippen LogP contribution in [0, 0.1) is 21.4 Å². The molecule has 0 bridgehead atoms. The lowest BCUT2D eigenvalue weighted by Crippen LogP contribution is -2.32. The number of sulfone groups is 1. The summed E-state index contributed by atoms with van der Waals surface area (Å²) >= 11 is 0. The summed E-state index contributed by atoms with van der Waals surface area (Å²) in [6.45, 7) is 3.95. The van der Waals surface area contributed by atoms with Crippen LogP contribution in [0.2, 0.25) is 0 Å². The van der Waals surface area contributed by atoms with E-state index in [9.17, 15) is 18.5 Å². The number of benzene rings is 1. The van der Waals surface area contributed by atoms with E-state index in [2.05, 4.69) is 0 Å². The molecule has 0 saturated heterocycles. The number of hydrogen-bond donors (Lipinski definition) is 0. The number of nitro benzene ring substituents is 1. The molecule has 1 aromatic carbocycles. The van der Waals surface area contributed by atoms with Gasteiger partial charge >= 0.3 is 5.69 Å². The van der Waals surface area contributed by atoms with Crippen molar-refractivity contribution in [3.05, 3.63) is 28.3 Å². The van der Waals surface area contributed by atoms with Gasteiger partial charge in [-0.3, -0.25) is 10.1 Å². The molecule has 1 aromatic rings. The molecule has 0 N–H and O–H groups in total. The highest BCUT2D eigenvalue weighted by atomic mass is 32.2. The third-order valence-electron chi connectivity index (χ3n) is 2.96. The maximum atomic E-state index is 11.7. The normalized spacial score (nSPS) is 11.2. The molecule has 0 saturated carbocycles. The molecule has 0 aliphatic carbocycles. The largest absolute Gasteiger partial charge is 0.362 e. The van der Waals surface area contributed by atoms with Gasteiger partial charge in [0.15, 0.2) is 9.84 Å². The maximum absolute atomic E-state index is 11.7. The van der Waals surface area contributed by atoms with Crippen molar-refractivity contribution in [1.29, 1.82) is 5.26 Å². The highest BCUT2D eigenvalue weighted by molar-refractivity contribution is 7.90. The molecule has 0 heterocycles. The second-order valence-electron chi connectivity index (χ2n) is 4.85. The molecule has 0 atom stereocenters. The van der Waals surface area contributed by atoms with Gasteiger partial charge in [0.2, 0.25) is 0 Å². The minimum atomic E-state index is -3.71. The van der Waals surface area contributed by atoms with Gasteiger partial charge < -0.3 is 4.90 Å². The van der Waals surface area contributed by atoms with Gasteiger partial charge in [0.1, 0.15) is 10.6 Å². The van der Waals surface area contributed by atoms with Crippen molar-refractivity contribution in [3.8, 4) is 6.07 Å². The average molecular weight is 311 g/mol. The Labute approximate surface area is 123 Å². The molecule has 0 fully saturated rings. The molecule has 0 aliphatic rings. The van der Waals surface area contributed by atoms with Gasteiger partial charge in [-0.25, -0.2) is 8.42 Å². The number of nitro groups is 1. The standard InChI is InChI=1S/C13H17N3O4S/c1-10(2)15(9-5-8-14)11-6-4-7-12(21(3,19)20)13(11)16(17)18/h4,6-7,10H,5,9H2,1-3H3. The van der Waals surface area contributed by atoms with Crippen molar-refractivity contribution in [3.63, 3.8) is 0 Å². The van der Waals surface area contributed by atoms with Gasteiger partial charge in [-0.05, 0) is 26.0 Å². The number of nitrogens with zero attached hydrogens (tertiary/aromatic N) is 3. The second kappa shape index (κ2) is 6.54. The molecule has 0 unspecified atom stereocenters. The van der Waals surface area contributed by atoms with Gasteiger partial charge in [0.25, 0.3) is 0 Å². The van der Waals surface area contributed by atoms with E-state index in [4.69, 9.17) is 5.26 Å². The summed E-state index contributed by atoms with van der Waals surface area (Å²) in [5.41, 5.74) is -0.222. The molecule has 1 rings (SSSR count). The van der Waals surface area contributed by atoms with E-state index < -0.39 is 20.4 Å². The first-order valence-corrected chi connectivity index (χ1v) is 8.20. The zero-order chi connectivity index (χ0) is 16.2. The Morgan fingerprint density at radius 1 is 1.43 bits per heavy atom. The summed E-state index contributed by atoms with van der Waals surface area (Å²) in [6, 6.07) is 6.08.